The largest absolute Gasteiger partial charge is 0.290 e. The summed E-state index contributed by atoms with van der Waals surface area (Å²) in [5, 5.41) is 0. The molecule has 0 unspecified atom stereocenters. The Morgan fingerprint density at radius 3 is 2.71 bits per heavy atom. The van der Waals surface area contributed by atoms with E-state index in [1.54, 1.807) is 0 Å². The van der Waals surface area contributed by atoms with E-state index < -0.39 is 5.83 Å². The lowest BCUT2D eigenvalue weighted by Crippen LogP contribution is -1.72. The highest BCUT2D eigenvalue weighted by atomic mass is 19.1. The molecule has 40 valence electrons. The monoisotopic (exact) mass is 101 g/mol. The van der Waals surface area contributed by atoms with Crippen LogP contribution >= 0.6 is 0 Å². The molecular weight excluding hydrogens is 93.1 g/mol. The smallest absolute Gasteiger partial charge is 0.133 e. The molecule has 0 heterocycles. The van der Waals surface area contributed by atoms with Gasteiger partial charge in [0.05, 0.1) is 6.21 Å². The Kier molecular flexibility index (Phi) is 3.19. The molecule has 0 aliphatic rings. The SMILES string of the molecule is C=C(F)C=NCC. The minimum absolute atomic E-state index is 0.484. The van der Waals surface area contributed by atoms with Crippen LogP contribution in [0.3, 0.4) is 0 Å². The molecule has 0 aliphatic heterocycles. The molecule has 0 saturated carbocycles. The number of allylic oxidation sites excluding steroid dienone is 1. The highest BCUT2D eigenvalue weighted by molar-refractivity contribution is 5.74. The first-order chi connectivity index (χ1) is 3.27. The Morgan fingerprint density at radius 1 is 2.00 bits per heavy atom. The van der Waals surface area contributed by atoms with Crippen molar-refractivity contribution in [3.8, 4) is 0 Å². The summed E-state index contributed by atoms with van der Waals surface area (Å²) in [5.41, 5.74) is 0. The summed E-state index contributed by atoms with van der Waals surface area (Å²) < 4.78 is 11.5. The van der Waals surface area contributed by atoms with Gasteiger partial charge in [-0.25, -0.2) is 4.39 Å². The third-order valence-electron chi connectivity index (χ3n) is 0.414. The van der Waals surface area contributed by atoms with Crippen molar-refractivity contribution in [3.63, 3.8) is 0 Å². The van der Waals surface area contributed by atoms with Gasteiger partial charge in [-0.05, 0) is 6.92 Å². The second-order valence-corrected chi connectivity index (χ2v) is 1.07. The van der Waals surface area contributed by atoms with E-state index in [1.165, 1.54) is 0 Å². The van der Waals surface area contributed by atoms with Crippen LogP contribution in [0.4, 0.5) is 4.39 Å². The summed E-state index contributed by atoms with van der Waals surface area (Å²) in [6.07, 6.45) is 1.11. The molecular formula is C5H8FN. The summed E-state index contributed by atoms with van der Waals surface area (Å²) in [5.74, 6) is -0.484. The van der Waals surface area contributed by atoms with Gasteiger partial charge in [0.1, 0.15) is 5.83 Å². The van der Waals surface area contributed by atoms with E-state index in [0.29, 0.717) is 6.54 Å². The van der Waals surface area contributed by atoms with Crippen LogP contribution in [0.15, 0.2) is 17.4 Å². The van der Waals surface area contributed by atoms with Gasteiger partial charge in [0.15, 0.2) is 0 Å². The van der Waals surface area contributed by atoms with E-state index in [9.17, 15) is 4.39 Å². The average molecular weight is 101 g/mol. The van der Waals surface area contributed by atoms with Gasteiger partial charge in [0, 0.05) is 6.54 Å². The van der Waals surface area contributed by atoms with Crippen LogP contribution in [0.1, 0.15) is 6.92 Å². The second-order valence-electron chi connectivity index (χ2n) is 1.07. The molecule has 7 heavy (non-hydrogen) atoms. The third-order valence-corrected chi connectivity index (χ3v) is 0.414. The first-order valence-electron chi connectivity index (χ1n) is 2.11. The van der Waals surface area contributed by atoms with Gasteiger partial charge in [-0.1, -0.05) is 6.58 Å². The second kappa shape index (κ2) is 3.53. The predicted molar refractivity (Wildman–Crippen MR) is 29.3 cm³/mol. The van der Waals surface area contributed by atoms with Crippen LogP contribution in [-0.2, 0) is 0 Å². The van der Waals surface area contributed by atoms with Crippen LogP contribution in [0.25, 0.3) is 0 Å². The molecule has 0 rings (SSSR count). The van der Waals surface area contributed by atoms with E-state index in [4.69, 9.17) is 0 Å². The van der Waals surface area contributed by atoms with Crippen LogP contribution < -0.4 is 0 Å². The minimum atomic E-state index is -0.484. The molecule has 0 aromatic heterocycles. The quantitative estimate of drug-likeness (QED) is 0.468. The van der Waals surface area contributed by atoms with Crippen molar-refractivity contribution in [1.29, 1.82) is 0 Å². The van der Waals surface area contributed by atoms with Gasteiger partial charge in [0.25, 0.3) is 0 Å². The summed E-state index contributed by atoms with van der Waals surface area (Å²) in [6.45, 7) is 5.42. The van der Waals surface area contributed by atoms with Crippen LogP contribution in [0, 0.1) is 0 Å². The van der Waals surface area contributed by atoms with Crippen molar-refractivity contribution in [2.75, 3.05) is 6.54 Å². The summed E-state index contributed by atoms with van der Waals surface area (Å²) in [7, 11) is 0. The zero-order chi connectivity index (χ0) is 5.70. The standard InChI is InChI=1S/C5H8FN/c1-3-7-4-5(2)6/h4H,2-3H2,1H3. The van der Waals surface area contributed by atoms with Crippen LogP contribution in [-0.4, -0.2) is 12.8 Å². The Bertz CT molecular complexity index is 86.1. The normalized spacial score (nSPS) is 10.0. The van der Waals surface area contributed by atoms with Crippen molar-refractivity contribution in [2.45, 2.75) is 6.92 Å². The third kappa shape index (κ3) is 5.34. The van der Waals surface area contributed by atoms with Gasteiger partial charge < -0.3 is 0 Å². The molecule has 2 heteroatoms. The summed E-state index contributed by atoms with van der Waals surface area (Å²) in [4.78, 5) is 3.57. The minimum Gasteiger partial charge on any atom is -0.290 e. The number of aliphatic imine (C=N–C) groups is 1. The molecule has 0 bridgehead atoms. The summed E-state index contributed by atoms with van der Waals surface area (Å²) >= 11 is 0. The van der Waals surface area contributed by atoms with Gasteiger partial charge in [-0.2, -0.15) is 0 Å². The van der Waals surface area contributed by atoms with Crippen LogP contribution in [0.2, 0.25) is 0 Å². The Morgan fingerprint density at radius 2 is 2.57 bits per heavy atom. The van der Waals surface area contributed by atoms with Crippen molar-refractivity contribution < 1.29 is 4.39 Å². The number of halogens is 1. The van der Waals surface area contributed by atoms with Gasteiger partial charge in [-0.15, -0.1) is 0 Å². The number of hydrogen-bond donors (Lipinski definition) is 0. The van der Waals surface area contributed by atoms with Crippen molar-refractivity contribution in [1.82, 2.24) is 0 Å². The van der Waals surface area contributed by atoms with E-state index in [0.717, 1.165) is 6.21 Å². The van der Waals surface area contributed by atoms with E-state index >= 15 is 0 Å². The lowest BCUT2D eigenvalue weighted by atomic mass is 10.6. The van der Waals surface area contributed by atoms with E-state index in [1.807, 2.05) is 6.92 Å². The van der Waals surface area contributed by atoms with Gasteiger partial charge in [-0.3, -0.25) is 4.99 Å². The molecule has 0 aromatic carbocycles. The Hall–Kier alpha value is -0.660. The average Bonchev–Trinajstić information content (AvgIpc) is 1.61. The Labute approximate surface area is 42.6 Å². The zero-order valence-electron chi connectivity index (χ0n) is 4.32. The highest BCUT2D eigenvalue weighted by Gasteiger charge is 1.74. The molecule has 0 atom stereocenters. The molecule has 0 saturated heterocycles. The van der Waals surface area contributed by atoms with Crippen LogP contribution in [0.5, 0.6) is 0 Å². The highest BCUT2D eigenvalue weighted by Crippen LogP contribution is 1.82. The molecule has 0 fully saturated rings. The van der Waals surface area contributed by atoms with E-state index in [-0.39, 0.29) is 0 Å². The van der Waals surface area contributed by atoms with Gasteiger partial charge >= 0.3 is 0 Å². The maximum absolute atomic E-state index is 11.5. The molecule has 0 aromatic rings. The molecule has 1 nitrogen and oxygen atoms in total. The maximum atomic E-state index is 11.5. The molecule has 0 N–H and O–H groups in total. The topological polar surface area (TPSA) is 12.4 Å². The lowest BCUT2D eigenvalue weighted by Gasteiger charge is -1.76. The van der Waals surface area contributed by atoms with Crippen molar-refractivity contribution in [3.05, 3.63) is 12.4 Å². The fourth-order valence-electron chi connectivity index (χ4n) is 0.190. The van der Waals surface area contributed by atoms with Crippen molar-refractivity contribution in [2.24, 2.45) is 4.99 Å². The number of nitrogens with zero attached hydrogens (tertiary/aromatic N) is 1. The first-order valence-corrected chi connectivity index (χ1v) is 2.11. The zero-order valence-corrected chi connectivity index (χ0v) is 4.32. The first kappa shape index (κ1) is 6.34. The maximum Gasteiger partial charge on any atom is 0.133 e. The molecule has 0 radical (unpaired) electrons. The lowest BCUT2D eigenvalue weighted by molar-refractivity contribution is 0.689. The molecule has 0 aliphatic carbocycles. The predicted octanol–water partition coefficient (Wildman–Crippen LogP) is 1.56. The molecule has 0 amide bonds. The number of rotatable bonds is 2. The van der Waals surface area contributed by atoms with E-state index in [2.05, 4.69) is 11.6 Å². The molecule has 0 spiro atoms. The fraction of sp³-hybridized carbons (Fsp3) is 0.400. The Balaban J connectivity index is 3.26. The van der Waals surface area contributed by atoms with Gasteiger partial charge in [0.2, 0.25) is 0 Å². The summed E-state index contributed by atoms with van der Waals surface area (Å²) in [6, 6.07) is 0. The van der Waals surface area contributed by atoms with Crippen molar-refractivity contribution >= 4 is 6.21 Å². The number of hydrogen-bond acceptors (Lipinski definition) is 1. The fourth-order valence-corrected chi connectivity index (χ4v) is 0.190.